The molecule has 0 aliphatic heterocycles. The van der Waals surface area contributed by atoms with Gasteiger partial charge in [-0.1, -0.05) is 55.1 Å². The van der Waals surface area contributed by atoms with E-state index in [9.17, 15) is 52.7 Å². The lowest BCUT2D eigenvalue weighted by Gasteiger charge is -2.40. The first kappa shape index (κ1) is 32.2. The van der Waals surface area contributed by atoms with Crippen molar-refractivity contribution in [2.24, 2.45) is 0 Å². The smallest absolute Gasteiger partial charge is 0.249 e. The summed E-state index contributed by atoms with van der Waals surface area (Å²) in [6.45, 7) is 0. The summed E-state index contributed by atoms with van der Waals surface area (Å²) in [5.74, 6) is -5.09. The predicted octanol–water partition coefficient (Wildman–Crippen LogP) is 10.2. The van der Waals surface area contributed by atoms with Crippen molar-refractivity contribution >= 4 is 55.1 Å². The van der Waals surface area contributed by atoms with Crippen molar-refractivity contribution in [3.8, 4) is 0 Å². The maximum Gasteiger partial charge on any atom is 0.435 e. The Hall–Kier alpha value is -1.04. The number of hydrogen-bond acceptors (Lipinski definition) is 1. The second-order valence-corrected chi connectivity index (χ2v) is 9.58. The van der Waals surface area contributed by atoms with Crippen LogP contribution in [0.3, 0.4) is 0 Å². The van der Waals surface area contributed by atoms with Crippen molar-refractivity contribution in [1.82, 2.24) is 0 Å². The Bertz CT molecular complexity index is 1060. The van der Waals surface area contributed by atoms with E-state index in [1.54, 1.807) is 0 Å². The summed E-state index contributed by atoms with van der Waals surface area (Å²) in [4.78, 5) is 0. The molecule has 0 aromatic heterocycles. The Morgan fingerprint density at radius 3 is 1.03 bits per heavy atom. The zero-order valence-electron chi connectivity index (χ0n) is 16.5. The van der Waals surface area contributed by atoms with Gasteiger partial charge in [-0.2, -0.15) is 43.9 Å². The quantitative estimate of drug-likeness (QED) is 0.269. The van der Waals surface area contributed by atoms with Crippen molar-refractivity contribution in [1.29, 1.82) is 0 Å². The highest BCUT2D eigenvalue weighted by Crippen LogP contribution is 2.61. The molecule has 2 atom stereocenters. The monoisotopic (exact) mass is 730 g/mol. The fourth-order valence-corrected chi connectivity index (χ4v) is 4.75. The van der Waals surface area contributed by atoms with Gasteiger partial charge in [0.1, 0.15) is 11.6 Å². The van der Waals surface area contributed by atoms with Crippen LogP contribution in [-0.4, -0.2) is 24.6 Å². The molecule has 2 aromatic rings. The first-order valence-corrected chi connectivity index (χ1v) is 11.0. The van der Waals surface area contributed by atoms with Crippen molar-refractivity contribution in [3.63, 3.8) is 0 Å². The van der Waals surface area contributed by atoms with Gasteiger partial charge in [0.25, 0.3) is 0 Å². The zero-order valence-corrected chi connectivity index (χ0v) is 21.2. The molecule has 0 bridgehead atoms. The first-order chi connectivity index (χ1) is 16.3. The van der Waals surface area contributed by atoms with Gasteiger partial charge in [-0.05, 0) is 24.3 Å². The van der Waals surface area contributed by atoms with E-state index in [-0.39, 0.29) is 24.3 Å². The summed E-state index contributed by atoms with van der Waals surface area (Å²) in [5.41, 5.74) is -19.3. The molecule has 0 aliphatic rings. The maximum absolute atomic E-state index is 15.1. The van der Waals surface area contributed by atoms with Gasteiger partial charge in [-0.15, -0.1) is 0 Å². The van der Waals surface area contributed by atoms with Gasteiger partial charge in [0.2, 0.25) is 0 Å². The van der Waals surface area contributed by atoms with Gasteiger partial charge in [0.15, 0.2) is 0 Å². The molecule has 0 spiro atoms. The lowest BCUT2D eigenvalue weighted by Crippen LogP contribution is -2.62. The Morgan fingerprint density at radius 1 is 0.541 bits per heavy atom. The third-order valence-electron chi connectivity index (χ3n) is 4.54. The molecule has 1 nitrogen and oxygen atoms in total. The molecule has 0 radical (unpaired) electrons. The third-order valence-corrected chi connectivity index (χ3v) is 6.05. The minimum absolute atomic E-state index is 0.0817. The average molecular weight is 733 g/mol. The third kappa shape index (κ3) is 5.26. The van der Waals surface area contributed by atoms with Crippen LogP contribution >= 0.6 is 55.1 Å². The van der Waals surface area contributed by atoms with E-state index in [2.05, 4.69) is 36.6 Å². The molecule has 0 heterocycles. The van der Waals surface area contributed by atoms with Crippen LogP contribution in [0.2, 0.25) is 10.0 Å². The Morgan fingerprint density at radius 2 is 0.811 bits per heavy atom. The van der Waals surface area contributed by atoms with Gasteiger partial charge >= 0.3 is 35.9 Å². The van der Waals surface area contributed by atoms with Crippen molar-refractivity contribution in [2.45, 2.75) is 35.9 Å². The van der Waals surface area contributed by atoms with Crippen LogP contribution < -0.4 is 0 Å². The van der Waals surface area contributed by atoms with Crippen LogP contribution in [0.1, 0.15) is 11.1 Å². The molecule has 19 heteroatoms. The number of alkyl halides is 12. The average Bonchev–Trinajstić information content (AvgIpc) is 2.63. The molecule has 0 saturated carbocycles. The second-order valence-electron chi connectivity index (χ2n) is 6.94. The van der Waals surface area contributed by atoms with E-state index in [0.29, 0.717) is 0 Å². The van der Waals surface area contributed by atoms with Crippen LogP contribution in [0, 0.1) is 11.6 Å². The first-order valence-electron chi connectivity index (χ1n) is 8.62. The van der Waals surface area contributed by atoms with Crippen LogP contribution in [0.4, 0.5) is 61.5 Å². The summed E-state index contributed by atoms with van der Waals surface area (Å²) in [7, 11) is 0. The van der Waals surface area contributed by atoms with E-state index >= 15 is 8.78 Å². The normalized spacial score (nSPS) is 16.9. The predicted molar refractivity (Wildman–Crippen MR) is 107 cm³/mol. The van der Waals surface area contributed by atoms with E-state index in [1.807, 2.05) is 0 Å². The number of hydrogen-bond donors (Lipinski definition) is 0. The highest BCUT2D eigenvalue weighted by molar-refractivity contribution is 9.10. The number of benzene rings is 2. The van der Waals surface area contributed by atoms with Gasteiger partial charge in [-0.3, -0.25) is 0 Å². The molecule has 2 aromatic carbocycles. The second kappa shape index (κ2) is 9.86. The Labute approximate surface area is 222 Å². The largest absolute Gasteiger partial charge is 0.435 e. The molecule has 2 unspecified atom stereocenters. The van der Waals surface area contributed by atoms with E-state index < -0.39 is 77.7 Å². The standard InChI is InChI=1S/C18H4Br2Cl2F14O/c19-5-1-7(21)11(9(23)3-5)13(25,15(27,28)29)17(33,34)37-18(35,36)14(26,16(30,31)32)12-8(22)2-6(20)4-10(12)24/h1-4H. The highest BCUT2D eigenvalue weighted by atomic mass is 79.9. The van der Waals surface area contributed by atoms with Crippen LogP contribution in [0.25, 0.3) is 0 Å². The topological polar surface area (TPSA) is 9.23 Å². The van der Waals surface area contributed by atoms with Crippen LogP contribution in [0.5, 0.6) is 0 Å². The SMILES string of the molecule is Fc1cc(Br)cc(Cl)c1C(F)(C(F)(F)F)C(F)(F)OC(F)(F)C(F)(c1c(F)cc(Br)cc1Cl)C(F)(F)F. The van der Waals surface area contributed by atoms with Crippen molar-refractivity contribution in [3.05, 3.63) is 66.0 Å². The molecular formula is C18H4Br2Cl2F14O. The molecular weight excluding hydrogens is 729 g/mol. The fourth-order valence-electron chi connectivity index (χ4n) is 2.95. The molecule has 0 fully saturated rings. The van der Waals surface area contributed by atoms with Gasteiger partial charge in [0.05, 0.1) is 21.2 Å². The van der Waals surface area contributed by atoms with E-state index in [1.165, 1.54) is 0 Å². The van der Waals surface area contributed by atoms with Crippen molar-refractivity contribution < 1.29 is 66.2 Å². The van der Waals surface area contributed by atoms with Crippen LogP contribution in [-0.2, 0) is 16.1 Å². The van der Waals surface area contributed by atoms with E-state index in [0.717, 1.165) is 0 Å². The summed E-state index contributed by atoms with van der Waals surface area (Å²) in [6, 6.07) is 0.226. The fraction of sp³-hybridized carbons (Fsp3) is 0.333. The molecule has 2 rings (SSSR count). The number of ether oxygens (including phenoxy) is 1. The minimum atomic E-state index is -7.26. The summed E-state index contributed by atoms with van der Waals surface area (Å²) in [5, 5.41) is -3.63. The van der Waals surface area contributed by atoms with Crippen molar-refractivity contribution in [2.75, 3.05) is 0 Å². The summed E-state index contributed by atoms with van der Waals surface area (Å²) < 4.78 is 199. The van der Waals surface area contributed by atoms with E-state index in [4.69, 9.17) is 23.2 Å². The molecule has 208 valence electrons. The lowest BCUT2D eigenvalue weighted by molar-refractivity contribution is -0.489. The molecule has 0 amide bonds. The summed E-state index contributed by atoms with van der Waals surface area (Å²) in [6.07, 6.45) is -28.8. The van der Waals surface area contributed by atoms with Crippen LogP contribution in [0.15, 0.2) is 33.2 Å². The van der Waals surface area contributed by atoms with Gasteiger partial charge in [0, 0.05) is 8.95 Å². The summed E-state index contributed by atoms with van der Waals surface area (Å²) >= 11 is 15.3. The minimum Gasteiger partial charge on any atom is -0.249 e. The Kier molecular flexibility index (Phi) is 8.57. The number of rotatable bonds is 6. The maximum atomic E-state index is 15.1. The van der Waals surface area contributed by atoms with Gasteiger partial charge < -0.3 is 0 Å². The molecule has 0 N–H and O–H groups in total. The zero-order chi connectivity index (χ0) is 29.2. The molecule has 0 saturated heterocycles. The molecule has 37 heavy (non-hydrogen) atoms. The van der Waals surface area contributed by atoms with Gasteiger partial charge in [-0.25, -0.2) is 22.3 Å². The molecule has 0 aliphatic carbocycles. The number of halogens is 18. The Balaban J connectivity index is 2.87. The lowest BCUT2D eigenvalue weighted by atomic mass is 9.91. The highest BCUT2D eigenvalue weighted by Gasteiger charge is 2.82.